The highest BCUT2D eigenvalue weighted by molar-refractivity contribution is 7.91. The lowest BCUT2D eigenvalue weighted by Gasteiger charge is -2.31. The zero-order valence-corrected chi connectivity index (χ0v) is 24.2. The number of benzene rings is 3. The minimum absolute atomic E-state index is 0.00301. The van der Waals surface area contributed by atoms with Gasteiger partial charge in [-0.2, -0.15) is 0 Å². The van der Waals surface area contributed by atoms with E-state index in [2.05, 4.69) is 36.5 Å². The van der Waals surface area contributed by atoms with Gasteiger partial charge in [0, 0.05) is 12.2 Å². The molecular weight excluding hydrogens is 538 g/mol. The van der Waals surface area contributed by atoms with Gasteiger partial charge in [-0.15, -0.1) is 0 Å². The molecule has 1 heterocycles. The summed E-state index contributed by atoms with van der Waals surface area (Å²) in [5.74, 6) is -0.0957. The van der Waals surface area contributed by atoms with Crippen LogP contribution in [0.5, 0.6) is 5.75 Å². The van der Waals surface area contributed by atoms with E-state index in [0.717, 1.165) is 42.5 Å². The van der Waals surface area contributed by atoms with Gasteiger partial charge in [-0.05, 0) is 121 Å². The summed E-state index contributed by atoms with van der Waals surface area (Å²) < 4.78 is 29.6. The predicted octanol–water partition coefficient (Wildman–Crippen LogP) is 5.27. The summed E-state index contributed by atoms with van der Waals surface area (Å²) >= 11 is 0. The first-order valence-electron chi connectivity index (χ1n) is 14.5. The molecule has 2 aliphatic carbocycles. The molecule has 0 bridgehead atoms. The second-order valence-electron chi connectivity index (χ2n) is 12.0. The molecule has 0 unspecified atom stereocenters. The maximum atomic E-state index is 11.8. The first-order chi connectivity index (χ1) is 19.6. The van der Waals surface area contributed by atoms with Crippen molar-refractivity contribution < 1.29 is 28.2 Å². The maximum absolute atomic E-state index is 11.8. The number of fused-ring (bicyclic) bond motifs is 3. The lowest BCUT2D eigenvalue weighted by atomic mass is 9.91. The highest BCUT2D eigenvalue weighted by atomic mass is 32.2. The van der Waals surface area contributed by atoms with Crippen LogP contribution in [0.4, 0.5) is 5.69 Å². The van der Waals surface area contributed by atoms with Crippen LogP contribution in [0.25, 0.3) is 11.1 Å². The molecule has 1 saturated carbocycles. The topological polar surface area (TPSA) is 113 Å². The number of hydrogen-bond donors (Lipinski definition) is 3. The Bertz CT molecular complexity index is 1570. The first kappa shape index (κ1) is 27.8. The number of carboxylic acid groups (broad SMARTS) is 1. The minimum Gasteiger partial charge on any atom is -0.491 e. The second kappa shape index (κ2) is 10.8. The molecule has 7 nitrogen and oxygen atoms in total. The molecule has 0 radical (unpaired) electrons. The van der Waals surface area contributed by atoms with E-state index in [0.29, 0.717) is 12.3 Å². The lowest BCUT2D eigenvalue weighted by Crippen LogP contribution is -2.43. The van der Waals surface area contributed by atoms with Crippen molar-refractivity contribution in [2.24, 2.45) is 5.92 Å². The average Bonchev–Trinajstić information content (AvgIpc) is 3.77. The molecule has 0 aromatic heterocycles. The third-order valence-electron chi connectivity index (χ3n) is 8.93. The SMILES string of the molecule is Cc1cc(OCC2(O)CCS(=O)(=O)CC2)cc2c1-c1cc(CNc3ccc([C@H]4C[C@@H]4C(=O)O)cc3)ccc1CCC2. The van der Waals surface area contributed by atoms with Crippen LogP contribution in [-0.2, 0) is 34.0 Å². The molecule has 1 aliphatic heterocycles. The van der Waals surface area contributed by atoms with Crippen molar-refractivity contribution in [2.45, 2.75) is 63.5 Å². The van der Waals surface area contributed by atoms with Crippen LogP contribution in [-0.4, -0.2) is 48.3 Å². The van der Waals surface area contributed by atoms with Crippen LogP contribution in [0.3, 0.4) is 0 Å². The highest BCUT2D eigenvalue weighted by Crippen LogP contribution is 2.47. The number of carboxylic acids is 1. The van der Waals surface area contributed by atoms with Gasteiger partial charge < -0.3 is 20.3 Å². The molecule has 3 aliphatic rings. The molecular formula is C33H37NO6S. The fraction of sp³-hybridized carbons (Fsp3) is 0.424. The summed E-state index contributed by atoms with van der Waals surface area (Å²) in [6.45, 7) is 2.87. The van der Waals surface area contributed by atoms with Gasteiger partial charge in [0.15, 0.2) is 9.84 Å². The Hall–Kier alpha value is -3.36. The number of ether oxygens (including phenoxy) is 1. The van der Waals surface area contributed by atoms with Crippen molar-refractivity contribution in [3.8, 4) is 16.9 Å². The monoisotopic (exact) mass is 575 g/mol. The number of hydrogen-bond acceptors (Lipinski definition) is 6. The molecule has 8 heteroatoms. The van der Waals surface area contributed by atoms with Crippen LogP contribution < -0.4 is 10.1 Å². The third-order valence-corrected chi connectivity index (χ3v) is 10.6. The minimum atomic E-state index is -3.06. The maximum Gasteiger partial charge on any atom is 0.307 e. The van der Waals surface area contributed by atoms with E-state index in [9.17, 15) is 23.4 Å². The van der Waals surface area contributed by atoms with Crippen LogP contribution >= 0.6 is 0 Å². The Balaban J connectivity index is 1.15. The molecule has 2 atom stereocenters. The summed E-state index contributed by atoms with van der Waals surface area (Å²) in [4.78, 5) is 11.2. The molecule has 3 aromatic carbocycles. The first-order valence-corrected chi connectivity index (χ1v) is 16.3. The Morgan fingerprint density at radius 2 is 1.76 bits per heavy atom. The number of aryl methyl sites for hydroxylation is 3. The number of nitrogens with one attached hydrogen (secondary N) is 1. The zero-order valence-electron chi connectivity index (χ0n) is 23.4. The summed E-state index contributed by atoms with van der Waals surface area (Å²) in [5.41, 5.74) is 8.36. The number of anilines is 1. The van der Waals surface area contributed by atoms with Crippen LogP contribution in [0.1, 0.15) is 59.4 Å². The summed E-state index contributed by atoms with van der Waals surface area (Å²) in [5, 5.41) is 23.6. The Morgan fingerprint density at radius 1 is 1.02 bits per heavy atom. The smallest absolute Gasteiger partial charge is 0.307 e. The third kappa shape index (κ3) is 6.14. The van der Waals surface area contributed by atoms with Crippen molar-refractivity contribution in [2.75, 3.05) is 23.4 Å². The van der Waals surface area contributed by atoms with Gasteiger partial charge in [0.25, 0.3) is 0 Å². The molecule has 3 aromatic rings. The molecule has 41 heavy (non-hydrogen) atoms. The Morgan fingerprint density at radius 3 is 2.46 bits per heavy atom. The number of aliphatic hydroxyl groups is 1. The van der Waals surface area contributed by atoms with Crippen molar-refractivity contribution in [1.29, 1.82) is 0 Å². The molecule has 0 amide bonds. The number of aliphatic carboxylic acids is 1. The number of rotatable bonds is 8. The normalized spacial score (nSPS) is 22.1. The lowest BCUT2D eigenvalue weighted by molar-refractivity contribution is -0.138. The summed E-state index contributed by atoms with van der Waals surface area (Å²) in [6.07, 6.45) is 4.12. The van der Waals surface area contributed by atoms with Gasteiger partial charge in [0.2, 0.25) is 0 Å². The van der Waals surface area contributed by atoms with E-state index in [4.69, 9.17) is 4.74 Å². The van der Waals surface area contributed by atoms with Crippen LogP contribution in [0.2, 0.25) is 0 Å². The second-order valence-corrected chi connectivity index (χ2v) is 14.4. The fourth-order valence-corrected chi connectivity index (χ4v) is 7.90. The van der Waals surface area contributed by atoms with Gasteiger partial charge in [-0.25, -0.2) is 8.42 Å². The van der Waals surface area contributed by atoms with Crippen LogP contribution in [0, 0.1) is 12.8 Å². The van der Waals surface area contributed by atoms with E-state index in [-0.39, 0.29) is 42.8 Å². The fourth-order valence-electron chi connectivity index (χ4n) is 6.31. The molecule has 2 fully saturated rings. The highest BCUT2D eigenvalue weighted by Gasteiger charge is 2.44. The molecule has 216 valence electrons. The number of sulfone groups is 1. The average molecular weight is 576 g/mol. The zero-order chi connectivity index (χ0) is 28.8. The van der Waals surface area contributed by atoms with E-state index in [1.54, 1.807) is 0 Å². The molecule has 0 spiro atoms. The Kier molecular flexibility index (Phi) is 7.32. The Labute approximate surface area is 241 Å². The summed E-state index contributed by atoms with van der Waals surface area (Å²) in [6, 6.07) is 18.9. The largest absolute Gasteiger partial charge is 0.491 e. The quantitative estimate of drug-likeness (QED) is 0.335. The molecule has 6 rings (SSSR count). The van der Waals surface area contributed by atoms with E-state index in [1.165, 1.54) is 27.8 Å². The van der Waals surface area contributed by atoms with Crippen molar-refractivity contribution in [1.82, 2.24) is 0 Å². The van der Waals surface area contributed by atoms with E-state index in [1.807, 2.05) is 30.3 Å². The van der Waals surface area contributed by atoms with Gasteiger partial charge in [0.05, 0.1) is 17.4 Å². The van der Waals surface area contributed by atoms with E-state index < -0.39 is 21.4 Å². The van der Waals surface area contributed by atoms with Crippen molar-refractivity contribution >= 4 is 21.5 Å². The number of carbonyl (C=O) groups is 1. The predicted molar refractivity (Wildman–Crippen MR) is 159 cm³/mol. The van der Waals surface area contributed by atoms with Gasteiger partial charge >= 0.3 is 5.97 Å². The summed E-state index contributed by atoms with van der Waals surface area (Å²) in [7, 11) is -3.06. The standard InChI is InChI=1S/C33H37NO6S/c1-21-15-27(40-20-33(37)11-13-41(38,39)14-12-33)17-25-4-2-3-23-6-5-22(16-29(23)31(21)25)19-34-26-9-7-24(8-10-26)28-18-30(28)32(35)36/h5-10,15-17,28,30,34,37H,2-4,11-14,18-20H2,1H3,(H,35,36)/t28-,30+/m1/s1. The van der Waals surface area contributed by atoms with Gasteiger partial charge in [-0.3, -0.25) is 4.79 Å². The van der Waals surface area contributed by atoms with Crippen molar-refractivity contribution in [3.63, 3.8) is 0 Å². The molecule has 1 saturated heterocycles. The molecule has 3 N–H and O–H groups in total. The van der Waals surface area contributed by atoms with Crippen LogP contribution in [0.15, 0.2) is 54.6 Å². The van der Waals surface area contributed by atoms with E-state index >= 15 is 0 Å². The van der Waals surface area contributed by atoms with Crippen molar-refractivity contribution in [3.05, 3.63) is 82.4 Å². The van der Waals surface area contributed by atoms with Gasteiger partial charge in [-0.1, -0.05) is 24.3 Å². The van der Waals surface area contributed by atoms with Gasteiger partial charge in [0.1, 0.15) is 18.0 Å².